The molecule has 0 saturated heterocycles. The zero-order valence-corrected chi connectivity index (χ0v) is 7.92. The van der Waals surface area contributed by atoms with Gasteiger partial charge >= 0.3 is 0 Å². The zero-order chi connectivity index (χ0) is 9.35. The zero-order valence-electron chi connectivity index (χ0n) is 7.92. The van der Waals surface area contributed by atoms with Gasteiger partial charge in [-0.05, 0) is 32.4 Å². The maximum Gasteiger partial charge on any atom is 0.231 e. The number of carbonyl (C=O) groups excluding carboxylic acids is 1. The first kappa shape index (κ1) is 9.04. The van der Waals surface area contributed by atoms with E-state index in [0.29, 0.717) is 6.42 Å². The predicted octanol–water partition coefficient (Wildman–Crippen LogP) is 2.09. The summed E-state index contributed by atoms with van der Waals surface area (Å²) in [4.78, 5) is 13.2. The molecule has 1 heterocycles. The minimum Gasteiger partial charge on any atom is -0.314 e. The Kier molecular flexibility index (Phi) is 2.09. The van der Waals surface area contributed by atoms with E-state index in [0.717, 1.165) is 5.57 Å². The number of carbonyl (C=O) groups is 1. The second kappa shape index (κ2) is 2.77. The van der Waals surface area contributed by atoms with Gasteiger partial charge in [0.25, 0.3) is 0 Å². The van der Waals surface area contributed by atoms with Crippen molar-refractivity contribution in [2.24, 2.45) is 0 Å². The van der Waals surface area contributed by atoms with E-state index in [4.69, 9.17) is 0 Å². The molecule has 0 aromatic heterocycles. The minimum atomic E-state index is -0.117. The van der Waals surface area contributed by atoms with Crippen molar-refractivity contribution in [3.05, 3.63) is 24.4 Å². The van der Waals surface area contributed by atoms with Crippen molar-refractivity contribution < 1.29 is 4.79 Å². The Morgan fingerprint density at radius 2 is 2.08 bits per heavy atom. The summed E-state index contributed by atoms with van der Waals surface area (Å²) in [6.45, 7) is 9.80. The molecule has 0 spiro atoms. The van der Waals surface area contributed by atoms with Crippen LogP contribution in [-0.4, -0.2) is 16.3 Å². The molecule has 1 rings (SSSR count). The van der Waals surface area contributed by atoms with Crippen LogP contribution in [0.4, 0.5) is 0 Å². The molecule has 66 valence electrons. The molecule has 1 aliphatic heterocycles. The second-order valence-electron chi connectivity index (χ2n) is 4.09. The van der Waals surface area contributed by atoms with Crippen LogP contribution in [0.3, 0.4) is 0 Å². The Labute approximate surface area is 73.6 Å². The highest BCUT2D eigenvalue weighted by molar-refractivity contribution is 5.82. The van der Waals surface area contributed by atoms with Gasteiger partial charge in [0.1, 0.15) is 0 Å². The van der Waals surface area contributed by atoms with E-state index in [-0.39, 0.29) is 11.4 Å². The van der Waals surface area contributed by atoms with Gasteiger partial charge in [-0.3, -0.25) is 4.79 Å². The maximum atomic E-state index is 11.5. The van der Waals surface area contributed by atoms with Crippen LogP contribution < -0.4 is 0 Å². The SMILES string of the molecule is C=C1C=CN(C(C)(C)C)C(=O)C1. The van der Waals surface area contributed by atoms with Gasteiger partial charge in [-0.1, -0.05) is 6.58 Å². The standard InChI is InChI=1S/C10H15NO/c1-8-5-6-11(9(12)7-8)10(2,3)4/h5-6H,1,7H2,2-4H3. The lowest BCUT2D eigenvalue weighted by Gasteiger charge is -2.34. The minimum absolute atomic E-state index is 0.117. The monoisotopic (exact) mass is 165 g/mol. The van der Waals surface area contributed by atoms with Crippen LogP contribution >= 0.6 is 0 Å². The Morgan fingerprint density at radius 1 is 1.50 bits per heavy atom. The molecular formula is C10H15NO. The van der Waals surface area contributed by atoms with Gasteiger partial charge in [0.15, 0.2) is 0 Å². The van der Waals surface area contributed by atoms with E-state index in [1.165, 1.54) is 0 Å². The summed E-state index contributed by atoms with van der Waals surface area (Å²) >= 11 is 0. The second-order valence-corrected chi connectivity index (χ2v) is 4.09. The van der Waals surface area contributed by atoms with Gasteiger partial charge in [-0.15, -0.1) is 0 Å². The molecule has 0 N–H and O–H groups in total. The lowest BCUT2D eigenvalue weighted by molar-refractivity contribution is -0.131. The normalized spacial score (nSPS) is 18.8. The van der Waals surface area contributed by atoms with Crippen LogP contribution in [0.1, 0.15) is 27.2 Å². The van der Waals surface area contributed by atoms with Gasteiger partial charge < -0.3 is 4.90 Å². The fourth-order valence-electron chi connectivity index (χ4n) is 1.20. The molecule has 0 fully saturated rings. The van der Waals surface area contributed by atoms with E-state index in [9.17, 15) is 4.79 Å². The third-order valence-corrected chi connectivity index (χ3v) is 1.83. The molecule has 0 radical (unpaired) electrons. The summed E-state index contributed by atoms with van der Waals surface area (Å²) in [7, 11) is 0. The first-order valence-corrected chi connectivity index (χ1v) is 4.09. The Bertz CT molecular complexity index is 245. The van der Waals surface area contributed by atoms with Gasteiger partial charge in [0.05, 0.1) is 6.42 Å². The molecule has 0 bridgehead atoms. The van der Waals surface area contributed by atoms with E-state index in [1.54, 1.807) is 4.90 Å². The summed E-state index contributed by atoms with van der Waals surface area (Å²) in [6, 6.07) is 0. The average molecular weight is 165 g/mol. The molecule has 1 amide bonds. The van der Waals surface area contributed by atoms with Crippen molar-refractivity contribution in [3.63, 3.8) is 0 Å². The summed E-state index contributed by atoms with van der Waals surface area (Å²) in [5, 5.41) is 0. The highest BCUT2D eigenvalue weighted by Gasteiger charge is 2.26. The van der Waals surface area contributed by atoms with Crippen molar-refractivity contribution in [2.75, 3.05) is 0 Å². The molecule has 0 aliphatic carbocycles. The third kappa shape index (κ3) is 1.76. The quantitative estimate of drug-likeness (QED) is 0.538. The van der Waals surface area contributed by atoms with Crippen LogP contribution in [0, 0.1) is 0 Å². The van der Waals surface area contributed by atoms with Crippen molar-refractivity contribution in [1.29, 1.82) is 0 Å². The molecule has 0 atom stereocenters. The fraction of sp³-hybridized carbons (Fsp3) is 0.500. The van der Waals surface area contributed by atoms with Crippen LogP contribution in [0.15, 0.2) is 24.4 Å². The topological polar surface area (TPSA) is 20.3 Å². The number of rotatable bonds is 0. The number of allylic oxidation sites excluding steroid dienone is 1. The lowest BCUT2D eigenvalue weighted by Crippen LogP contribution is -2.43. The van der Waals surface area contributed by atoms with Crippen molar-refractivity contribution >= 4 is 5.91 Å². The molecule has 12 heavy (non-hydrogen) atoms. The van der Waals surface area contributed by atoms with E-state index in [1.807, 2.05) is 33.0 Å². The third-order valence-electron chi connectivity index (χ3n) is 1.83. The largest absolute Gasteiger partial charge is 0.314 e. The predicted molar refractivity (Wildman–Crippen MR) is 49.5 cm³/mol. The molecule has 2 heteroatoms. The molecular weight excluding hydrogens is 150 g/mol. The molecule has 2 nitrogen and oxygen atoms in total. The highest BCUT2D eigenvalue weighted by atomic mass is 16.2. The summed E-state index contributed by atoms with van der Waals surface area (Å²) in [6.07, 6.45) is 4.16. The summed E-state index contributed by atoms with van der Waals surface area (Å²) in [5.41, 5.74) is 0.773. The van der Waals surface area contributed by atoms with E-state index in [2.05, 4.69) is 6.58 Å². The molecule has 0 aromatic carbocycles. The van der Waals surface area contributed by atoms with Crippen LogP contribution in [0.2, 0.25) is 0 Å². The number of nitrogens with zero attached hydrogens (tertiary/aromatic N) is 1. The van der Waals surface area contributed by atoms with Gasteiger partial charge in [0.2, 0.25) is 5.91 Å². The van der Waals surface area contributed by atoms with E-state index < -0.39 is 0 Å². The average Bonchev–Trinajstić information content (AvgIpc) is 1.83. The smallest absolute Gasteiger partial charge is 0.231 e. The number of hydrogen-bond acceptors (Lipinski definition) is 1. The molecule has 1 aliphatic rings. The Balaban J connectivity index is 2.87. The summed E-state index contributed by atoms with van der Waals surface area (Å²) in [5.74, 6) is 0.134. The van der Waals surface area contributed by atoms with Gasteiger partial charge in [-0.25, -0.2) is 0 Å². The van der Waals surface area contributed by atoms with Crippen LogP contribution in [0.25, 0.3) is 0 Å². The molecule has 0 aromatic rings. The Morgan fingerprint density at radius 3 is 2.50 bits per heavy atom. The highest BCUT2D eigenvalue weighted by Crippen LogP contribution is 2.21. The molecule has 0 unspecified atom stereocenters. The number of amides is 1. The summed E-state index contributed by atoms with van der Waals surface area (Å²) < 4.78 is 0. The fourth-order valence-corrected chi connectivity index (χ4v) is 1.20. The first-order valence-electron chi connectivity index (χ1n) is 4.09. The van der Waals surface area contributed by atoms with Gasteiger partial charge in [-0.2, -0.15) is 0 Å². The van der Waals surface area contributed by atoms with Crippen molar-refractivity contribution in [1.82, 2.24) is 4.90 Å². The lowest BCUT2D eigenvalue weighted by atomic mass is 10.0. The number of hydrogen-bond donors (Lipinski definition) is 0. The van der Waals surface area contributed by atoms with E-state index >= 15 is 0 Å². The maximum absolute atomic E-state index is 11.5. The van der Waals surface area contributed by atoms with Crippen LogP contribution in [-0.2, 0) is 4.79 Å². The van der Waals surface area contributed by atoms with Crippen molar-refractivity contribution in [3.8, 4) is 0 Å². The first-order chi connectivity index (χ1) is 5.41. The van der Waals surface area contributed by atoms with Crippen LogP contribution in [0.5, 0.6) is 0 Å². The van der Waals surface area contributed by atoms with Gasteiger partial charge in [0, 0.05) is 11.7 Å². The van der Waals surface area contributed by atoms with Crippen molar-refractivity contribution in [2.45, 2.75) is 32.7 Å². The molecule has 0 saturated carbocycles. The Hall–Kier alpha value is -1.05.